The van der Waals surface area contributed by atoms with Crippen molar-refractivity contribution >= 4 is 34.5 Å². The largest absolute Gasteiger partial charge is 0.507 e. The Kier molecular flexibility index (Phi) is 5.58. The Morgan fingerprint density at radius 3 is 3.09 bits per heavy atom. The van der Waals surface area contributed by atoms with Crippen molar-refractivity contribution in [2.45, 2.75) is 11.4 Å². The molecule has 0 fully saturated rings. The first kappa shape index (κ1) is 16.1. The highest BCUT2D eigenvalue weighted by Gasteiger charge is 2.12. The monoisotopic (exact) mass is 330 g/mol. The molecule has 0 amide bonds. The molecule has 0 atom stereocenters. The number of para-hydroxylation sites is 1. The summed E-state index contributed by atoms with van der Waals surface area (Å²) in [6, 6.07) is 7.56. The molecule has 2 rings (SSSR count). The van der Waals surface area contributed by atoms with Gasteiger partial charge < -0.3 is 5.11 Å². The van der Waals surface area contributed by atoms with Gasteiger partial charge in [0.15, 0.2) is 0 Å². The first-order valence-corrected chi connectivity index (χ1v) is 8.35. The van der Waals surface area contributed by atoms with Crippen LogP contribution in [-0.2, 0) is 6.42 Å². The van der Waals surface area contributed by atoms with E-state index in [0.717, 1.165) is 5.56 Å². The number of hydrogen-bond acceptors (Lipinski definition) is 7. The number of phenols is 1. The second-order valence-corrected chi connectivity index (χ2v) is 5.79. The van der Waals surface area contributed by atoms with Gasteiger partial charge in [0.1, 0.15) is 27.4 Å². The van der Waals surface area contributed by atoms with Gasteiger partial charge in [-0.1, -0.05) is 18.2 Å². The number of hydrazone groups is 1. The summed E-state index contributed by atoms with van der Waals surface area (Å²) in [5.74, 6) is 0.183. The zero-order valence-corrected chi connectivity index (χ0v) is 13.5. The number of nitriles is 1. The third-order valence-electron chi connectivity index (χ3n) is 2.85. The Balaban J connectivity index is 2.17. The van der Waals surface area contributed by atoms with Crippen molar-refractivity contribution < 1.29 is 5.11 Å². The molecule has 0 bridgehead atoms. The van der Waals surface area contributed by atoms with Gasteiger partial charge in [-0.2, -0.15) is 14.7 Å². The summed E-state index contributed by atoms with van der Waals surface area (Å²) in [5.41, 5.74) is 4.68. The van der Waals surface area contributed by atoms with Gasteiger partial charge in [0.25, 0.3) is 0 Å². The van der Waals surface area contributed by atoms with Crippen LogP contribution in [0, 0.1) is 11.3 Å². The standard InChI is InChI=1S/C15H14N4OS2/c1-3-5-10-6-4-7-11(13(10)20)9-17-18-14-12(8-16)15(21-2)19-22-14/h3-4,6-7,9,18,20H,1,5H2,2H3. The van der Waals surface area contributed by atoms with Crippen LogP contribution in [0.5, 0.6) is 5.75 Å². The maximum Gasteiger partial charge on any atom is 0.148 e. The number of hydrogen-bond donors (Lipinski definition) is 2. The van der Waals surface area contributed by atoms with Crippen LogP contribution >= 0.6 is 23.3 Å². The Hall–Kier alpha value is -2.30. The molecule has 0 aliphatic rings. The second-order valence-electron chi connectivity index (χ2n) is 4.23. The molecule has 1 heterocycles. The third-order valence-corrected chi connectivity index (χ3v) is 4.40. The molecule has 0 radical (unpaired) electrons. The summed E-state index contributed by atoms with van der Waals surface area (Å²) in [4.78, 5) is 0. The van der Waals surface area contributed by atoms with Crippen LogP contribution in [0.1, 0.15) is 16.7 Å². The third kappa shape index (κ3) is 3.47. The van der Waals surface area contributed by atoms with E-state index >= 15 is 0 Å². The summed E-state index contributed by atoms with van der Waals surface area (Å²) in [6.07, 6.45) is 5.70. The molecule has 5 nitrogen and oxygen atoms in total. The molecule has 0 spiro atoms. The van der Waals surface area contributed by atoms with Crippen molar-refractivity contribution in [3.05, 3.63) is 47.5 Å². The average Bonchev–Trinajstić information content (AvgIpc) is 2.93. The van der Waals surface area contributed by atoms with Crippen molar-refractivity contribution in [1.29, 1.82) is 5.26 Å². The molecule has 0 saturated heterocycles. The number of phenolic OH excluding ortho intramolecular Hbond substituents is 1. The van der Waals surface area contributed by atoms with Crippen LogP contribution in [0.15, 0.2) is 41.0 Å². The van der Waals surface area contributed by atoms with Crippen LogP contribution in [0.3, 0.4) is 0 Å². The normalized spacial score (nSPS) is 10.5. The lowest BCUT2D eigenvalue weighted by Gasteiger charge is -2.04. The van der Waals surface area contributed by atoms with Crippen LogP contribution in [0.2, 0.25) is 0 Å². The summed E-state index contributed by atoms with van der Waals surface area (Å²) < 4.78 is 4.17. The Labute approximate surface area is 137 Å². The summed E-state index contributed by atoms with van der Waals surface area (Å²) >= 11 is 2.60. The van der Waals surface area contributed by atoms with Crippen LogP contribution in [0.25, 0.3) is 0 Å². The number of anilines is 1. The van der Waals surface area contributed by atoms with Crippen molar-refractivity contribution in [2.75, 3.05) is 11.7 Å². The minimum atomic E-state index is 0.183. The number of aromatic nitrogens is 1. The number of nitrogens with one attached hydrogen (secondary N) is 1. The molecule has 0 unspecified atom stereocenters. The number of benzene rings is 1. The van der Waals surface area contributed by atoms with E-state index in [4.69, 9.17) is 5.26 Å². The highest BCUT2D eigenvalue weighted by atomic mass is 32.2. The number of aromatic hydroxyl groups is 1. The average molecular weight is 330 g/mol. The van der Waals surface area contributed by atoms with E-state index in [2.05, 4.69) is 27.5 Å². The number of allylic oxidation sites excluding steroid dienone is 1. The number of thioether (sulfide) groups is 1. The second kappa shape index (κ2) is 7.64. The van der Waals surface area contributed by atoms with Gasteiger partial charge in [0.05, 0.1) is 6.21 Å². The quantitative estimate of drug-likeness (QED) is 0.366. The van der Waals surface area contributed by atoms with Crippen LogP contribution in [0.4, 0.5) is 5.00 Å². The molecule has 2 N–H and O–H groups in total. The SMILES string of the molecule is C=CCc1cccc(C=NNc2snc(SC)c2C#N)c1O. The zero-order valence-electron chi connectivity index (χ0n) is 11.9. The van der Waals surface area contributed by atoms with Gasteiger partial charge in [0.2, 0.25) is 0 Å². The minimum Gasteiger partial charge on any atom is -0.507 e. The van der Waals surface area contributed by atoms with E-state index < -0.39 is 0 Å². The Morgan fingerprint density at radius 2 is 2.41 bits per heavy atom. The predicted octanol–water partition coefficient (Wildman–Crippen LogP) is 3.62. The van der Waals surface area contributed by atoms with E-state index in [9.17, 15) is 5.11 Å². The van der Waals surface area contributed by atoms with Crippen LogP contribution in [-0.4, -0.2) is 22.0 Å². The Morgan fingerprint density at radius 1 is 1.59 bits per heavy atom. The maximum absolute atomic E-state index is 10.1. The van der Waals surface area contributed by atoms with Crippen molar-refractivity contribution in [1.82, 2.24) is 4.37 Å². The van der Waals surface area contributed by atoms with E-state index in [0.29, 0.717) is 27.6 Å². The first-order chi connectivity index (χ1) is 10.7. The summed E-state index contributed by atoms with van der Waals surface area (Å²) in [5, 5.41) is 24.6. The van der Waals surface area contributed by atoms with Gasteiger partial charge in [-0.25, -0.2) is 0 Å². The van der Waals surface area contributed by atoms with E-state index in [1.165, 1.54) is 29.5 Å². The molecule has 0 aliphatic heterocycles. The molecule has 112 valence electrons. The Bertz CT molecular complexity index is 746. The van der Waals surface area contributed by atoms with Gasteiger partial charge in [-0.15, -0.1) is 18.3 Å². The van der Waals surface area contributed by atoms with Crippen LogP contribution < -0.4 is 5.43 Å². The fraction of sp³-hybridized carbons (Fsp3) is 0.133. The topological polar surface area (TPSA) is 81.3 Å². The molecule has 2 aromatic rings. The molecule has 1 aromatic carbocycles. The summed E-state index contributed by atoms with van der Waals surface area (Å²) in [7, 11) is 0. The maximum atomic E-state index is 10.1. The molecular formula is C15H14N4OS2. The molecule has 7 heteroatoms. The van der Waals surface area contributed by atoms with E-state index in [1.807, 2.05) is 18.4 Å². The summed E-state index contributed by atoms with van der Waals surface area (Å²) in [6.45, 7) is 3.66. The van der Waals surface area contributed by atoms with Gasteiger partial charge in [0, 0.05) is 5.56 Å². The minimum absolute atomic E-state index is 0.183. The zero-order chi connectivity index (χ0) is 15.9. The van der Waals surface area contributed by atoms with Gasteiger partial charge >= 0.3 is 0 Å². The van der Waals surface area contributed by atoms with E-state index in [1.54, 1.807) is 12.1 Å². The van der Waals surface area contributed by atoms with Crippen molar-refractivity contribution in [3.8, 4) is 11.8 Å². The van der Waals surface area contributed by atoms with Crippen molar-refractivity contribution in [3.63, 3.8) is 0 Å². The smallest absolute Gasteiger partial charge is 0.148 e. The fourth-order valence-electron chi connectivity index (χ4n) is 1.79. The number of rotatable bonds is 6. The lowest BCUT2D eigenvalue weighted by Crippen LogP contribution is -1.93. The molecule has 22 heavy (non-hydrogen) atoms. The van der Waals surface area contributed by atoms with E-state index in [-0.39, 0.29) is 5.75 Å². The lowest BCUT2D eigenvalue weighted by molar-refractivity contribution is 0.469. The highest BCUT2D eigenvalue weighted by Crippen LogP contribution is 2.29. The molecule has 0 saturated carbocycles. The fourth-order valence-corrected chi connectivity index (χ4v) is 3.20. The predicted molar refractivity (Wildman–Crippen MR) is 91.8 cm³/mol. The highest BCUT2D eigenvalue weighted by molar-refractivity contribution is 7.98. The molecule has 1 aromatic heterocycles. The van der Waals surface area contributed by atoms with Gasteiger partial charge in [-0.3, -0.25) is 5.43 Å². The van der Waals surface area contributed by atoms with Crippen molar-refractivity contribution in [2.24, 2.45) is 5.10 Å². The lowest BCUT2D eigenvalue weighted by atomic mass is 10.1. The molecular weight excluding hydrogens is 316 g/mol. The number of nitrogens with zero attached hydrogens (tertiary/aromatic N) is 3. The van der Waals surface area contributed by atoms with Gasteiger partial charge in [-0.05, 0) is 35.8 Å². The first-order valence-electron chi connectivity index (χ1n) is 6.35. The molecule has 0 aliphatic carbocycles.